The van der Waals surface area contributed by atoms with Crippen LogP contribution in [0, 0.1) is 0 Å². The number of ether oxygens (including phenoxy) is 1. The van der Waals surface area contributed by atoms with Gasteiger partial charge in [0.25, 0.3) is 17.4 Å². The summed E-state index contributed by atoms with van der Waals surface area (Å²) in [5, 5.41) is 11.9. The number of rotatable bonds is 7. The number of aromatic nitrogens is 4. The van der Waals surface area contributed by atoms with Crippen molar-refractivity contribution in [2.75, 3.05) is 31.3 Å². The van der Waals surface area contributed by atoms with E-state index in [1.54, 1.807) is 37.4 Å². The van der Waals surface area contributed by atoms with E-state index in [0.717, 1.165) is 6.42 Å². The van der Waals surface area contributed by atoms with Gasteiger partial charge in [0, 0.05) is 58.3 Å². The second-order valence-corrected chi connectivity index (χ2v) is 8.36. The summed E-state index contributed by atoms with van der Waals surface area (Å²) < 4.78 is 34.7. The van der Waals surface area contributed by atoms with Crippen LogP contribution < -0.4 is 21.6 Å². The molecule has 1 aliphatic carbocycles. The van der Waals surface area contributed by atoms with Crippen molar-refractivity contribution >= 4 is 28.9 Å². The zero-order valence-electron chi connectivity index (χ0n) is 18.6. The summed E-state index contributed by atoms with van der Waals surface area (Å²) in [7, 11) is 3.26. The molecule has 2 fully saturated rings. The summed E-state index contributed by atoms with van der Waals surface area (Å²) in [6, 6.07) is 4.26. The summed E-state index contributed by atoms with van der Waals surface area (Å²) in [5.74, 6) is -2.31. The van der Waals surface area contributed by atoms with Crippen molar-refractivity contribution in [3.63, 3.8) is 0 Å². The molecule has 34 heavy (non-hydrogen) atoms. The van der Waals surface area contributed by atoms with Crippen LogP contribution in [0.4, 0.5) is 26.1 Å². The van der Waals surface area contributed by atoms with Crippen LogP contribution in [0.2, 0.25) is 0 Å². The molecule has 11 nitrogen and oxygen atoms in total. The van der Waals surface area contributed by atoms with Crippen molar-refractivity contribution in [3.8, 4) is 0 Å². The lowest BCUT2D eigenvalue weighted by atomic mass is 9.88. The predicted molar refractivity (Wildman–Crippen MR) is 119 cm³/mol. The number of carbonyl (C=O) groups excluding carboxylic acids is 1. The first kappa shape index (κ1) is 22.2. The van der Waals surface area contributed by atoms with E-state index in [9.17, 15) is 18.4 Å². The Morgan fingerprint density at radius 1 is 1.32 bits per heavy atom. The van der Waals surface area contributed by atoms with Gasteiger partial charge < -0.3 is 19.9 Å². The smallest absolute Gasteiger partial charge is 0.274 e. The Hall–Kier alpha value is -3.58. The zero-order chi connectivity index (χ0) is 24.0. The van der Waals surface area contributed by atoms with Gasteiger partial charge in [-0.3, -0.25) is 15.0 Å². The third-order valence-electron chi connectivity index (χ3n) is 6.15. The van der Waals surface area contributed by atoms with E-state index in [2.05, 4.69) is 26.1 Å². The van der Waals surface area contributed by atoms with E-state index in [1.165, 1.54) is 21.5 Å². The molecule has 0 aromatic carbocycles. The largest absolute Gasteiger partial charge is 0.373 e. The van der Waals surface area contributed by atoms with Crippen molar-refractivity contribution in [1.82, 2.24) is 29.6 Å². The van der Waals surface area contributed by atoms with Crippen LogP contribution in [0.1, 0.15) is 35.7 Å². The number of methoxy groups -OCH3 is 1. The molecule has 0 bridgehead atoms. The number of hydrazine groups is 1. The van der Waals surface area contributed by atoms with E-state index in [0.29, 0.717) is 18.2 Å². The molecule has 4 heterocycles. The third kappa shape index (κ3) is 3.86. The normalized spacial score (nSPS) is 19.9. The van der Waals surface area contributed by atoms with Gasteiger partial charge in [-0.25, -0.2) is 13.8 Å². The molecule has 1 aliphatic heterocycles. The molecule has 5 rings (SSSR count). The second kappa shape index (κ2) is 8.33. The summed E-state index contributed by atoms with van der Waals surface area (Å²) in [6.45, 7) is 0.665. The third-order valence-corrected chi connectivity index (χ3v) is 6.15. The fourth-order valence-electron chi connectivity index (χ4n) is 4.15. The highest BCUT2D eigenvalue weighted by Crippen LogP contribution is 2.44. The number of halogens is 2. The molecular weight excluding hydrogens is 450 g/mol. The molecule has 13 heteroatoms. The van der Waals surface area contributed by atoms with Crippen molar-refractivity contribution in [1.29, 1.82) is 0 Å². The molecule has 1 saturated carbocycles. The quantitative estimate of drug-likeness (QED) is 0.476. The zero-order valence-corrected chi connectivity index (χ0v) is 18.6. The highest BCUT2D eigenvalue weighted by Gasteiger charge is 2.46. The van der Waals surface area contributed by atoms with Crippen LogP contribution in [0.3, 0.4) is 0 Å². The van der Waals surface area contributed by atoms with Crippen molar-refractivity contribution in [2.45, 2.75) is 37.5 Å². The standard InChI is InChI=1S/C21H24F2N8O3/c1-24-16-8-15(26-14-4-3-6-29(20(14)33)12-9-21(22,23)10-12)27-18-13(11-25-31(16)18)19(32)28-30-7-5-17(30)34-2/h3-4,6,8,11-12,17,24H,5,7,9-10H2,1-2H3,(H,26,27)(H,28,32)/t17-/m1/s1. The molecule has 3 aromatic heterocycles. The van der Waals surface area contributed by atoms with Crippen LogP contribution in [0.5, 0.6) is 0 Å². The summed E-state index contributed by atoms with van der Waals surface area (Å²) in [5.41, 5.74) is 3.06. The van der Waals surface area contributed by atoms with Crippen molar-refractivity contribution in [3.05, 3.63) is 46.5 Å². The maximum atomic E-state index is 13.3. The predicted octanol–water partition coefficient (Wildman–Crippen LogP) is 1.97. The number of hydrogen-bond acceptors (Lipinski definition) is 8. The van der Waals surface area contributed by atoms with E-state index >= 15 is 0 Å². The molecule has 0 unspecified atom stereocenters. The van der Waals surface area contributed by atoms with Gasteiger partial charge >= 0.3 is 0 Å². The molecule has 3 aromatic rings. The lowest BCUT2D eigenvalue weighted by Crippen LogP contribution is -2.57. The van der Waals surface area contributed by atoms with Gasteiger partial charge in [-0.15, -0.1) is 0 Å². The lowest BCUT2D eigenvalue weighted by Gasteiger charge is -2.39. The molecule has 3 N–H and O–H groups in total. The molecule has 1 amide bonds. The summed E-state index contributed by atoms with van der Waals surface area (Å²) in [6.07, 6.45) is 2.83. The Balaban J connectivity index is 1.44. The van der Waals surface area contributed by atoms with E-state index in [1.807, 2.05) is 0 Å². The molecule has 0 spiro atoms. The Kier molecular flexibility index (Phi) is 5.44. The van der Waals surface area contributed by atoms with E-state index in [4.69, 9.17) is 4.74 Å². The second-order valence-electron chi connectivity index (χ2n) is 8.36. The maximum absolute atomic E-state index is 13.3. The van der Waals surface area contributed by atoms with Crippen molar-refractivity contribution < 1.29 is 18.3 Å². The minimum atomic E-state index is -2.74. The van der Waals surface area contributed by atoms with Crippen LogP contribution in [-0.2, 0) is 4.74 Å². The van der Waals surface area contributed by atoms with Gasteiger partial charge in [-0.05, 0) is 12.1 Å². The number of hydrogen-bond donors (Lipinski definition) is 3. The SMILES string of the molecule is CNc1cc(Nc2cccn(C3CC(F)(F)C3)c2=O)nc2c(C(=O)NN3CC[C@H]3OC)cnn12. The Morgan fingerprint density at radius 3 is 2.76 bits per heavy atom. The number of alkyl halides is 2. The Bertz CT molecular complexity index is 1300. The number of pyridine rings is 1. The van der Waals surface area contributed by atoms with E-state index < -0.39 is 23.4 Å². The maximum Gasteiger partial charge on any atom is 0.274 e. The van der Waals surface area contributed by atoms with Gasteiger partial charge in [0.15, 0.2) is 5.65 Å². The first-order valence-electron chi connectivity index (χ1n) is 10.8. The van der Waals surface area contributed by atoms with Gasteiger partial charge in [-0.2, -0.15) is 14.6 Å². The van der Waals surface area contributed by atoms with Gasteiger partial charge in [0.05, 0.1) is 6.20 Å². The Labute approximate surface area is 192 Å². The molecule has 2 aliphatic rings. The monoisotopic (exact) mass is 474 g/mol. The van der Waals surface area contributed by atoms with Crippen LogP contribution in [-0.4, -0.2) is 62.9 Å². The molecule has 1 saturated heterocycles. The summed E-state index contributed by atoms with van der Waals surface area (Å²) in [4.78, 5) is 30.3. The van der Waals surface area contributed by atoms with Gasteiger partial charge in [0.1, 0.15) is 29.1 Å². The number of nitrogens with one attached hydrogen (secondary N) is 3. The topological polar surface area (TPSA) is 118 Å². The van der Waals surface area contributed by atoms with Crippen molar-refractivity contribution in [2.24, 2.45) is 0 Å². The fourth-order valence-corrected chi connectivity index (χ4v) is 4.15. The number of carbonyl (C=O) groups is 1. The molecule has 0 radical (unpaired) electrons. The lowest BCUT2D eigenvalue weighted by molar-refractivity contribution is -0.122. The number of fused-ring (bicyclic) bond motifs is 1. The van der Waals surface area contributed by atoms with E-state index in [-0.39, 0.29) is 36.0 Å². The van der Waals surface area contributed by atoms with Crippen LogP contribution in [0.25, 0.3) is 5.65 Å². The summed E-state index contributed by atoms with van der Waals surface area (Å²) >= 11 is 0. The number of nitrogens with zero attached hydrogens (tertiary/aromatic N) is 5. The molecule has 180 valence electrons. The van der Waals surface area contributed by atoms with Crippen LogP contribution in [0.15, 0.2) is 35.4 Å². The minimum Gasteiger partial charge on any atom is -0.373 e. The average Bonchev–Trinajstić information content (AvgIpc) is 3.20. The fraction of sp³-hybridized carbons (Fsp3) is 0.429. The highest BCUT2D eigenvalue weighted by molar-refractivity contribution is 5.99. The van der Waals surface area contributed by atoms with Gasteiger partial charge in [-0.1, -0.05) is 0 Å². The number of amides is 1. The van der Waals surface area contributed by atoms with Crippen LogP contribution >= 0.6 is 0 Å². The van der Waals surface area contributed by atoms with Gasteiger partial charge in [0.2, 0.25) is 0 Å². The first-order valence-corrected chi connectivity index (χ1v) is 10.8. The first-order chi connectivity index (χ1) is 16.3. The Morgan fingerprint density at radius 2 is 2.12 bits per heavy atom. The molecule has 1 atom stereocenters. The highest BCUT2D eigenvalue weighted by atomic mass is 19.3. The number of anilines is 3. The minimum absolute atomic E-state index is 0.181. The average molecular weight is 474 g/mol. The molecular formula is C21H24F2N8O3.